The van der Waals surface area contributed by atoms with Gasteiger partial charge in [-0.2, -0.15) is 13.2 Å². The summed E-state index contributed by atoms with van der Waals surface area (Å²) in [5.41, 5.74) is 0.0821. The van der Waals surface area contributed by atoms with Crippen LogP contribution in [0.3, 0.4) is 0 Å². The molecule has 0 aliphatic carbocycles. The molecule has 1 fully saturated rings. The van der Waals surface area contributed by atoms with Gasteiger partial charge in [0.05, 0.1) is 6.61 Å². The fourth-order valence-corrected chi connectivity index (χ4v) is 6.49. The molecule has 6 nitrogen and oxygen atoms in total. The van der Waals surface area contributed by atoms with Crippen molar-refractivity contribution in [1.82, 2.24) is 9.29 Å². The van der Waals surface area contributed by atoms with Crippen molar-refractivity contribution < 1.29 is 27.8 Å². The second-order valence-corrected chi connectivity index (χ2v) is 12.9. The molecular formula is C33H32Cl2F3N3O3S. The van der Waals surface area contributed by atoms with Gasteiger partial charge in [-0.05, 0) is 84.8 Å². The maximum absolute atomic E-state index is 12.9. The fraction of sp³-hybridized carbons (Fsp3) is 0.333. The Kier molecular flexibility index (Phi) is 11.0. The number of benzene rings is 3. The molecule has 4 aromatic rings. The van der Waals surface area contributed by atoms with E-state index in [1.807, 2.05) is 60.7 Å². The summed E-state index contributed by atoms with van der Waals surface area (Å²) in [7, 11) is 0. The third-order valence-corrected chi connectivity index (χ3v) is 9.00. The first kappa shape index (κ1) is 33.2. The van der Waals surface area contributed by atoms with Gasteiger partial charge in [0.15, 0.2) is 0 Å². The highest BCUT2D eigenvalue weighted by Gasteiger charge is 2.34. The van der Waals surface area contributed by atoms with E-state index in [1.165, 1.54) is 4.31 Å². The number of alkyl halides is 3. The molecule has 0 amide bonds. The zero-order valence-electron chi connectivity index (χ0n) is 24.2. The van der Waals surface area contributed by atoms with Crippen LogP contribution >= 0.6 is 35.1 Å². The lowest BCUT2D eigenvalue weighted by molar-refractivity contribution is -0.137. The van der Waals surface area contributed by atoms with Crippen LogP contribution in [0.25, 0.3) is 10.9 Å². The molecule has 5 rings (SSSR count). The van der Waals surface area contributed by atoms with Crippen molar-refractivity contribution in [2.75, 3.05) is 25.0 Å². The van der Waals surface area contributed by atoms with Gasteiger partial charge in [0.1, 0.15) is 11.3 Å². The Bertz CT molecular complexity index is 1550. The summed E-state index contributed by atoms with van der Waals surface area (Å²) in [6, 6.07) is 21.2. The van der Waals surface area contributed by atoms with Crippen molar-refractivity contribution in [1.29, 1.82) is 0 Å². The normalized spacial score (nSPS) is 14.6. The third-order valence-electron chi connectivity index (χ3n) is 7.66. The molecule has 45 heavy (non-hydrogen) atoms. The Morgan fingerprint density at radius 1 is 0.978 bits per heavy atom. The van der Waals surface area contributed by atoms with E-state index in [4.69, 9.17) is 33.0 Å². The minimum atomic E-state index is -4.30. The summed E-state index contributed by atoms with van der Waals surface area (Å²) >= 11 is 12.4. The van der Waals surface area contributed by atoms with E-state index in [0.717, 1.165) is 27.8 Å². The Balaban J connectivity index is 1.52. The van der Waals surface area contributed by atoms with Gasteiger partial charge >= 0.3 is 11.5 Å². The quantitative estimate of drug-likeness (QED) is 0.0879. The molecular weight excluding hydrogens is 646 g/mol. The molecule has 2 N–H and O–H groups in total. The standard InChI is InChI=1S/C33H32Cl2F3N3O3S/c34-24-8-4-21(5-9-24)31(22-6-10-25(35)11-7-22)23-19-27-28(40-26-13-16-41(17-14-26)45-33(36,37)38)12-15-39-32(27)29(20-23)44-18-2-1-3-30(42)43/h4-12,15,19-20,26,31H,1-3,13-14,16-18H2,(H,39,40)(H,42,43). The van der Waals surface area contributed by atoms with E-state index < -0.39 is 11.5 Å². The Hall–Kier alpha value is -3.18. The summed E-state index contributed by atoms with van der Waals surface area (Å²) in [6.45, 7) is 0.944. The molecule has 2 heterocycles. The molecule has 0 atom stereocenters. The number of halogens is 5. The van der Waals surface area contributed by atoms with Gasteiger partial charge in [0.25, 0.3) is 0 Å². The number of nitrogens with zero attached hydrogens (tertiary/aromatic N) is 2. The molecule has 0 radical (unpaired) electrons. The van der Waals surface area contributed by atoms with Crippen LogP contribution < -0.4 is 10.1 Å². The van der Waals surface area contributed by atoms with Crippen LogP contribution in [0.2, 0.25) is 10.0 Å². The largest absolute Gasteiger partial charge is 0.491 e. The van der Waals surface area contributed by atoms with E-state index in [1.54, 1.807) is 6.20 Å². The number of unbranched alkanes of at least 4 members (excludes halogenated alkanes) is 1. The first-order valence-corrected chi connectivity index (χ1v) is 16.1. The highest BCUT2D eigenvalue weighted by Crippen LogP contribution is 2.40. The number of pyridine rings is 1. The summed E-state index contributed by atoms with van der Waals surface area (Å²) < 4.78 is 46.3. The summed E-state index contributed by atoms with van der Waals surface area (Å²) in [5, 5.41) is 14.6. The van der Waals surface area contributed by atoms with Crippen LogP contribution in [-0.4, -0.2) is 51.6 Å². The number of nitrogens with one attached hydrogen (secondary N) is 1. The maximum Gasteiger partial charge on any atom is 0.456 e. The predicted octanol–water partition coefficient (Wildman–Crippen LogP) is 9.40. The molecule has 1 aliphatic heterocycles. The van der Waals surface area contributed by atoms with Crippen LogP contribution in [0, 0.1) is 0 Å². The number of piperidine rings is 1. The van der Waals surface area contributed by atoms with Crippen LogP contribution in [0.5, 0.6) is 5.75 Å². The van der Waals surface area contributed by atoms with Gasteiger partial charge in [0, 0.05) is 70.7 Å². The molecule has 0 spiro atoms. The van der Waals surface area contributed by atoms with E-state index >= 15 is 0 Å². The number of hydrogen-bond donors (Lipinski definition) is 2. The lowest BCUT2D eigenvalue weighted by Gasteiger charge is -2.32. The molecule has 1 aliphatic rings. The van der Waals surface area contributed by atoms with Crippen molar-refractivity contribution in [2.24, 2.45) is 0 Å². The van der Waals surface area contributed by atoms with Gasteiger partial charge in [-0.1, -0.05) is 47.5 Å². The first-order chi connectivity index (χ1) is 21.6. The number of carboxylic acid groups (broad SMARTS) is 1. The molecule has 0 unspecified atom stereocenters. The van der Waals surface area contributed by atoms with Crippen LogP contribution in [0.15, 0.2) is 72.9 Å². The van der Waals surface area contributed by atoms with E-state index in [0.29, 0.717) is 66.7 Å². The smallest absolute Gasteiger partial charge is 0.456 e. The fourth-order valence-electron chi connectivity index (χ4n) is 5.55. The summed E-state index contributed by atoms with van der Waals surface area (Å²) in [5.74, 6) is -0.504. The Morgan fingerprint density at radius 3 is 2.18 bits per heavy atom. The highest BCUT2D eigenvalue weighted by molar-refractivity contribution is 7.97. The number of fused-ring (bicyclic) bond motifs is 1. The summed E-state index contributed by atoms with van der Waals surface area (Å²) in [4.78, 5) is 15.6. The van der Waals surface area contributed by atoms with Crippen LogP contribution in [0.4, 0.5) is 18.9 Å². The van der Waals surface area contributed by atoms with Crippen LogP contribution in [-0.2, 0) is 4.79 Å². The molecule has 1 saturated heterocycles. The SMILES string of the molecule is O=C(O)CCCCOc1cc(C(c2ccc(Cl)cc2)c2ccc(Cl)cc2)cc2c(NC3CCN(SC(F)(F)F)CC3)ccnc12. The van der Waals surface area contributed by atoms with Crippen molar-refractivity contribution >= 4 is 57.7 Å². The number of hydrogen-bond acceptors (Lipinski definition) is 6. The highest BCUT2D eigenvalue weighted by atomic mass is 35.5. The number of rotatable bonds is 12. The van der Waals surface area contributed by atoms with Gasteiger partial charge in [0.2, 0.25) is 0 Å². The van der Waals surface area contributed by atoms with E-state index in [-0.39, 0.29) is 30.3 Å². The third kappa shape index (κ3) is 9.19. The zero-order valence-corrected chi connectivity index (χ0v) is 26.5. The van der Waals surface area contributed by atoms with Crippen molar-refractivity contribution in [2.45, 2.75) is 49.6 Å². The number of anilines is 1. The average molecular weight is 679 g/mol. The molecule has 1 aromatic heterocycles. The van der Waals surface area contributed by atoms with Gasteiger partial charge in [-0.3, -0.25) is 9.78 Å². The topological polar surface area (TPSA) is 74.7 Å². The molecule has 12 heteroatoms. The number of aliphatic carboxylic acids is 1. The Morgan fingerprint density at radius 2 is 1.60 bits per heavy atom. The average Bonchev–Trinajstić information content (AvgIpc) is 2.99. The van der Waals surface area contributed by atoms with Crippen molar-refractivity contribution in [3.63, 3.8) is 0 Å². The Labute approximate surface area is 274 Å². The number of ether oxygens (including phenoxy) is 1. The van der Waals surface area contributed by atoms with Gasteiger partial charge in [-0.15, -0.1) is 0 Å². The zero-order chi connectivity index (χ0) is 32.0. The number of carboxylic acids is 1. The minimum absolute atomic E-state index is 0.0203. The number of aromatic nitrogens is 1. The minimum Gasteiger partial charge on any atom is -0.491 e. The summed E-state index contributed by atoms with van der Waals surface area (Å²) in [6.07, 6.45) is 3.90. The second-order valence-electron chi connectivity index (χ2n) is 10.9. The van der Waals surface area contributed by atoms with Crippen molar-refractivity contribution in [3.8, 4) is 5.75 Å². The molecule has 0 saturated carbocycles. The molecule has 0 bridgehead atoms. The predicted molar refractivity (Wildman–Crippen MR) is 174 cm³/mol. The monoisotopic (exact) mass is 677 g/mol. The molecule has 3 aromatic carbocycles. The number of carbonyl (C=O) groups is 1. The van der Waals surface area contributed by atoms with Crippen LogP contribution in [0.1, 0.15) is 54.7 Å². The second kappa shape index (κ2) is 14.9. The van der Waals surface area contributed by atoms with E-state index in [9.17, 15) is 18.0 Å². The van der Waals surface area contributed by atoms with Gasteiger partial charge in [-0.25, -0.2) is 4.31 Å². The van der Waals surface area contributed by atoms with Crippen molar-refractivity contribution in [3.05, 3.63) is 99.7 Å². The van der Waals surface area contributed by atoms with E-state index in [2.05, 4.69) is 16.4 Å². The lowest BCUT2D eigenvalue weighted by atomic mass is 9.84. The van der Waals surface area contributed by atoms with Gasteiger partial charge < -0.3 is 15.2 Å². The molecule has 238 valence electrons. The maximum atomic E-state index is 12.9. The first-order valence-electron chi connectivity index (χ1n) is 14.6. The lowest BCUT2D eigenvalue weighted by Crippen LogP contribution is -2.37.